The van der Waals surface area contributed by atoms with Crippen molar-refractivity contribution in [1.82, 2.24) is 14.9 Å². The van der Waals surface area contributed by atoms with Crippen molar-refractivity contribution in [3.63, 3.8) is 0 Å². The Morgan fingerprint density at radius 2 is 1.83 bits per heavy atom. The van der Waals surface area contributed by atoms with E-state index < -0.39 is 0 Å². The second-order valence-electron chi connectivity index (χ2n) is 7.29. The molecule has 7 nitrogen and oxygen atoms in total. The molecule has 4 rings (SSSR count). The number of amides is 1. The van der Waals surface area contributed by atoms with Crippen molar-refractivity contribution >= 4 is 5.91 Å². The van der Waals surface area contributed by atoms with Gasteiger partial charge in [0.1, 0.15) is 17.3 Å². The molecule has 154 valence electrons. The first-order valence-electron chi connectivity index (χ1n) is 9.70. The molecule has 0 atom stereocenters. The number of hydrogen-bond donors (Lipinski definition) is 1. The van der Waals surface area contributed by atoms with E-state index in [1.165, 1.54) is 14.2 Å². The van der Waals surface area contributed by atoms with Gasteiger partial charge >= 0.3 is 0 Å². The largest absolute Gasteiger partial charge is 0.497 e. The highest BCUT2D eigenvalue weighted by Crippen LogP contribution is 2.25. The van der Waals surface area contributed by atoms with Gasteiger partial charge in [0.25, 0.3) is 11.5 Å². The van der Waals surface area contributed by atoms with Gasteiger partial charge < -0.3 is 19.4 Å². The summed E-state index contributed by atoms with van der Waals surface area (Å²) in [6, 6.07) is 12.9. The number of rotatable bonds is 4. The maximum Gasteiger partial charge on any atom is 0.256 e. The molecular weight excluding hydrogens is 382 g/mol. The molecular formula is C23H23N3O4. The summed E-state index contributed by atoms with van der Waals surface area (Å²) in [7, 11) is 3.08. The topological polar surface area (TPSA) is 84.5 Å². The van der Waals surface area contributed by atoms with Crippen molar-refractivity contribution < 1.29 is 14.3 Å². The molecule has 3 aromatic rings. The molecule has 1 aliphatic rings. The number of ether oxygens (including phenoxy) is 2. The molecule has 7 heteroatoms. The second kappa shape index (κ2) is 8.02. The van der Waals surface area contributed by atoms with Crippen LogP contribution in [-0.4, -0.2) is 41.5 Å². The number of fused-ring (bicyclic) bond motifs is 1. The summed E-state index contributed by atoms with van der Waals surface area (Å²) in [6.45, 7) is 2.69. The third-order valence-corrected chi connectivity index (χ3v) is 5.25. The Bertz CT molecular complexity index is 1150. The van der Waals surface area contributed by atoms with Gasteiger partial charge in [-0.25, -0.2) is 4.98 Å². The summed E-state index contributed by atoms with van der Waals surface area (Å²) in [6.07, 6.45) is 0.519. The quantitative estimate of drug-likeness (QED) is 0.721. The lowest BCUT2D eigenvalue weighted by Gasteiger charge is -2.28. The standard InChI is InChI=1S/C23H23N3O4/c1-14-5-4-6-15(9-14)21-24-20-7-8-26(13-19(20)22(27)25-21)23(28)16-10-17(29-2)12-18(11-16)30-3/h4-6,9-12H,7-8,13H2,1-3H3,(H,24,25,27). The smallest absolute Gasteiger partial charge is 0.256 e. The SMILES string of the molecule is COc1cc(OC)cc(C(=O)N2CCc3nc(-c4cccc(C)c4)[nH]c(=O)c3C2)c1. The van der Waals surface area contributed by atoms with Crippen LogP contribution < -0.4 is 15.0 Å². The average Bonchev–Trinajstić information content (AvgIpc) is 2.77. The van der Waals surface area contributed by atoms with E-state index in [9.17, 15) is 9.59 Å². The summed E-state index contributed by atoms with van der Waals surface area (Å²) >= 11 is 0. The number of aryl methyl sites for hydroxylation is 1. The third-order valence-electron chi connectivity index (χ3n) is 5.25. The Hall–Kier alpha value is -3.61. The molecule has 0 spiro atoms. The van der Waals surface area contributed by atoms with Gasteiger partial charge in [-0.15, -0.1) is 0 Å². The van der Waals surface area contributed by atoms with Crippen LogP contribution in [0.2, 0.25) is 0 Å². The lowest BCUT2D eigenvalue weighted by atomic mass is 10.0. The number of methoxy groups -OCH3 is 2. The molecule has 1 amide bonds. The van der Waals surface area contributed by atoms with E-state index in [-0.39, 0.29) is 18.0 Å². The van der Waals surface area contributed by atoms with Crippen molar-refractivity contribution in [3.05, 3.63) is 75.2 Å². The number of carbonyl (C=O) groups excluding carboxylic acids is 1. The molecule has 0 saturated carbocycles. The maximum absolute atomic E-state index is 13.1. The fourth-order valence-corrected chi connectivity index (χ4v) is 3.64. The second-order valence-corrected chi connectivity index (χ2v) is 7.29. The Morgan fingerprint density at radius 1 is 1.10 bits per heavy atom. The van der Waals surface area contributed by atoms with E-state index in [4.69, 9.17) is 9.47 Å². The van der Waals surface area contributed by atoms with Crippen LogP contribution in [0, 0.1) is 6.92 Å². The average molecular weight is 405 g/mol. The molecule has 2 aromatic carbocycles. The number of benzene rings is 2. The molecule has 0 saturated heterocycles. The first kappa shape index (κ1) is 19.7. The third kappa shape index (κ3) is 3.78. The van der Waals surface area contributed by atoms with Gasteiger partial charge in [-0.3, -0.25) is 9.59 Å². The predicted octanol–water partition coefficient (Wildman–Crippen LogP) is 2.96. The number of aromatic amines is 1. The van der Waals surface area contributed by atoms with Gasteiger partial charge in [-0.2, -0.15) is 0 Å². The summed E-state index contributed by atoms with van der Waals surface area (Å²) in [5.74, 6) is 1.45. The Labute approximate surface area is 174 Å². The van der Waals surface area contributed by atoms with Gasteiger partial charge in [-0.05, 0) is 25.1 Å². The van der Waals surface area contributed by atoms with Crippen LogP contribution in [-0.2, 0) is 13.0 Å². The van der Waals surface area contributed by atoms with E-state index >= 15 is 0 Å². The summed E-state index contributed by atoms with van der Waals surface area (Å²) in [5, 5.41) is 0. The van der Waals surface area contributed by atoms with Gasteiger partial charge in [0.05, 0.1) is 32.0 Å². The van der Waals surface area contributed by atoms with Crippen LogP contribution in [0.25, 0.3) is 11.4 Å². The van der Waals surface area contributed by atoms with E-state index in [0.29, 0.717) is 41.4 Å². The number of hydrogen-bond acceptors (Lipinski definition) is 5. The zero-order chi connectivity index (χ0) is 21.3. The zero-order valence-electron chi connectivity index (χ0n) is 17.2. The van der Waals surface area contributed by atoms with E-state index in [1.54, 1.807) is 23.1 Å². The van der Waals surface area contributed by atoms with Gasteiger partial charge in [0, 0.05) is 30.2 Å². The number of nitrogens with zero attached hydrogens (tertiary/aromatic N) is 2. The number of H-pyrrole nitrogens is 1. The highest BCUT2D eigenvalue weighted by molar-refractivity contribution is 5.95. The first-order valence-corrected chi connectivity index (χ1v) is 9.70. The van der Waals surface area contributed by atoms with Crippen LogP contribution in [0.4, 0.5) is 0 Å². The van der Waals surface area contributed by atoms with Crippen LogP contribution >= 0.6 is 0 Å². The Kier molecular flexibility index (Phi) is 5.27. The maximum atomic E-state index is 13.1. The summed E-state index contributed by atoms with van der Waals surface area (Å²) in [4.78, 5) is 35.0. The fraction of sp³-hybridized carbons (Fsp3) is 0.261. The normalized spacial score (nSPS) is 13.0. The lowest BCUT2D eigenvalue weighted by Crippen LogP contribution is -2.39. The summed E-state index contributed by atoms with van der Waals surface area (Å²) in [5.41, 5.74) is 3.48. The molecule has 0 bridgehead atoms. The van der Waals surface area contributed by atoms with Crippen molar-refractivity contribution in [3.8, 4) is 22.9 Å². The Balaban J connectivity index is 1.63. The molecule has 0 fully saturated rings. The number of aromatic nitrogens is 2. The van der Waals surface area contributed by atoms with E-state index in [2.05, 4.69) is 9.97 Å². The molecule has 0 unspecified atom stereocenters. The number of carbonyl (C=O) groups is 1. The number of nitrogens with one attached hydrogen (secondary N) is 1. The van der Waals surface area contributed by atoms with Gasteiger partial charge in [0.15, 0.2) is 0 Å². The van der Waals surface area contributed by atoms with Gasteiger partial charge in [0.2, 0.25) is 0 Å². The predicted molar refractivity (Wildman–Crippen MR) is 113 cm³/mol. The van der Waals surface area contributed by atoms with Crippen LogP contribution in [0.15, 0.2) is 47.3 Å². The van der Waals surface area contributed by atoms with E-state index in [0.717, 1.165) is 16.8 Å². The van der Waals surface area contributed by atoms with E-state index in [1.807, 2.05) is 31.2 Å². The first-order chi connectivity index (χ1) is 14.5. The van der Waals surface area contributed by atoms with Crippen LogP contribution in [0.5, 0.6) is 11.5 Å². The minimum atomic E-state index is -0.211. The molecule has 0 aliphatic carbocycles. The molecule has 1 aliphatic heterocycles. The van der Waals surface area contributed by atoms with Crippen molar-refractivity contribution in [2.24, 2.45) is 0 Å². The Morgan fingerprint density at radius 3 is 2.50 bits per heavy atom. The van der Waals surface area contributed by atoms with Crippen LogP contribution in [0.3, 0.4) is 0 Å². The zero-order valence-corrected chi connectivity index (χ0v) is 17.2. The highest BCUT2D eigenvalue weighted by atomic mass is 16.5. The molecule has 30 heavy (non-hydrogen) atoms. The van der Waals surface area contributed by atoms with Crippen molar-refractivity contribution in [2.75, 3.05) is 20.8 Å². The molecule has 2 heterocycles. The molecule has 1 N–H and O–H groups in total. The van der Waals surface area contributed by atoms with Gasteiger partial charge in [-0.1, -0.05) is 23.8 Å². The minimum absolute atomic E-state index is 0.181. The fourth-order valence-electron chi connectivity index (χ4n) is 3.64. The molecule has 0 radical (unpaired) electrons. The summed E-state index contributed by atoms with van der Waals surface area (Å²) < 4.78 is 10.5. The monoisotopic (exact) mass is 405 g/mol. The molecule has 1 aromatic heterocycles. The minimum Gasteiger partial charge on any atom is -0.497 e. The highest BCUT2D eigenvalue weighted by Gasteiger charge is 2.26. The van der Waals surface area contributed by atoms with Crippen molar-refractivity contribution in [2.45, 2.75) is 19.9 Å². The van der Waals surface area contributed by atoms with Crippen LogP contribution in [0.1, 0.15) is 27.2 Å². The lowest BCUT2D eigenvalue weighted by molar-refractivity contribution is 0.0732. The van der Waals surface area contributed by atoms with Crippen molar-refractivity contribution in [1.29, 1.82) is 0 Å².